The summed E-state index contributed by atoms with van der Waals surface area (Å²) in [5.74, 6) is -0.0979. The Kier molecular flexibility index (Phi) is 6.82. The molecule has 0 aliphatic carbocycles. The van der Waals surface area contributed by atoms with E-state index in [1.807, 2.05) is 29.2 Å². The van der Waals surface area contributed by atoms with E-state index in [0.717, 1.165) is 42.6 Å². The second kappa shape index (κ2) is 8.86. The number of likely N-dealkylation sites (tertiary alicyclic amines) is 1. The SMILES string of the molecule is Cl.Nc1ccccc1CCC(=O)N1CCCCC1c1ccc(F)cc1. The molecule has 0 spiro atoms. The summed E-state index contributed by atoms with van der Waals surface area (Å²) < 4.78 is 13.2. The van der Waals surface area contributed by atoms with Gasteiger partial charge in [-0.2, -0.15) is 0 Å². The summed E-state index contributed by atoms with van der Waals surface area (Å²) in [7, 11) is 0. The van der Waals surface area contributed by atoms with E-state index in [9.17, 15) is 9.18 Å². The molecule has 0 bridgehead atoms. The third-order valence-electron chi connectivity index (χ3n) is 4.74. The van der Waals surface area contributed by atoms with Gasteiger partial charge < -0.3 is 10.6 Å². The molecule has 1 heterocycles. The van der Waals surface area contributed by atoms with Crippen molar-refractivity contribution < 1.29 is 9.18 Å². The number of carbonyl (C=O) groups is 1. The van der Waals surface area contributed by atoms with Crippen LogP contribution in [0, 0.1) is 5.82 Å². The Hall–Kier alpha value is -2.07. The van der Waals surface area contributed by atoms with Crippen LogP contribution in [0.4, 0.5) is 10.1 Å². The summed E-state index contributed by atoms with van der Waals surface area (Å²) in [5.41, 5.74) is 8.72. The molecule has 2 aromatic carbocycles. The van der Waals surface area contributed by atoms with Crippen molar-refractivity contribution >= 4 is 24.0 Å². The number of benzene rings is 2. The van der Waals surface area contributed by atoms with Gasteiger partial charge >= 0.3 is 0 Å². The highest BCUT2D eigenvalue weighted by atomic mass is 35.5. The molecule has 0 radical (unpaired) electrons. The van der Waals surface area contributed by atoms with Gasteiger partial charge in [-0.05, 0) is 55.0 Å². The second-order valence-electron chi connectivity index (χ2n) is 6.35. The van der Waals surface area contributed by atoms with E-state index in [0.29, 0.717) is 12.8 Å². The first-order valence-electron chi connectivity index (χ1n) is 8.53. The lowest BCUT2D eigenvalue weighted by Crippen LogP contribution is -2.38. The van der Waals surface area contributed by atoms with Crippen molar-refractivity contribution in [2.24, 2.45) is 0 Å². The Morgan fingerprint density at radius 1 is 1.12 bits per heavy atom. The van der Waals surface area contributed by atoms with Crippen molar-refractivity contribution in [1.82, 2.24) is 4.90 Å². The smallest absolute Gasteiger partial charge is 0.223 e. The van der Waals surface area contributed by atoms with Crippen LogP contribution >= 0.6 is 12.4 Å². The summed E-state index contributed by atoms with van der Waals surface area (Å²) in [6.07, 6.45) is 4.16. The third-order valence-corrected chi connectivity index (χ3v) is 4.74. The average molecular weight is 363 g/mol. The lowest BCUT2D eigenvalue weighted by Gasteiger charge is -2.36. The lowest BCUT2D eigenvalue weighted by atomic mass is 9.94. The Morgan fingerprint density at radius 2 is 1.84 bits per heavy atom. The van der Waals surface area contributed by atoms with Gasteiger partial charge in [-0.1, -0.05) is 30.3 Å². The average Bonchev–Trinajstić information content (AvgIpc) is 2.61. The Bertz CT molecular complexity index is 705. The molecule has 5 heteroatoms. The van der Waals surface area contributed by atoms with Gasteiger partial charge in [0.05, 0.1) is 6.04 Å². The lowest BCUT2D eigenvalue weighted by molar-refractivity contribution is -0.135. The van der Waals surface area contributed by atoms with Crippen LogP contribution in [-0.4, -0.2) is 17.4 Å². The summed E-state index contributed by atoms with van der Waals surface area (Å²) in [6.45, 7) is 0.769. The Labute approximate surface area is 154 Å². The Morgan fingerprint density at radius 3 is 2.56 bits per heavy atom. The highest BCUT2D eigenvalue weighted by Crippen LogP contribution is 2.31. The zero-order valence-corrected chi connectivity index (χ0v) is 15.0. The van der Waals surface area contributed by atoms with Crippen molar-refractivity contribution in [1.29, 1.82) is 0 Å². The molecule has 3 nitrogen and oxygen atoms in total. The predicted molar refractivity (Wildman–Crippen MR) is 101 cm³/mol. The van der Waals surface area contributed by atoms with Crippen LogP contribution in [0.15, 0.2) is 48.5 Å². The fraction of sp³-hybridized carbons (Fsp3) is 0.350. The molecule has 1 aliphatic heterocycles. The van der Waals surface area contributed by atoms with Gasteiger partial charge in [-0.25, -0.2) is 4.39 Å². The normalized spacial score (nSPS) is 17.0. The molecule has 1 aliphatic rings. The maximum Gasteiger partial charge on any atom is 0.223 e. The van der Waals surface area contributed by atoms with Gasteiger partial charge in [0.2, 0.25) is 5.91 Å². The van der Waals surface area contributed by atoms with Crippen LogP contribution in [0.25, 0.3) is 0 Å². The van der Waals surface area contributed by atoms with Crippen LogP contribution < -0.4 is 5.73 Å². The molecule has 2 aromatic rings. The molecule has 0 saturated carbocycles. The largest absolute Gasteiger partial charge is 0.399 e. The molecule has 3 rings (SSSR count). The number of aryl methyl sites for hydroxylation is 1. The van der Waals surface area contributed by atoms with Gasteiger partial charge in [-0.15, -0.1) is 12.4 Å². The molecule has 1 unspecified atom stereocenters. The number of nitrogen functional groups attached to an aromatic ring is 1. The first-order valence-corrected chi connectivity index (χ1v) is 8.53. The van der Waals surface area contributed by atoms with Crippen molar-refractivity contribution in [3.63, 3.8) is 0 Å². The third kappa shape index (κ3) is 4.73. The zero-order chi connectivity index (χ0) is 16.9. The minimum atomic E-state index is -0.244. The molecule has 1 amide bonds. The molecule has 1 fully saturated rings. The minimum absolute atomic E-state index is 0. The van der Waals surface area contributed by atoms with E-state index >= 15 is 0 Å². The topological polar surface area (TPSA) is 46.3 Å². The molecular formula is C20H24ClFN2O. The highest BCUT2D eigenvalue weighted by molar-refractivity contribution is 5.85. The van der Waals surface area contributed by atoms with Crippen LogP contribution in [-0.2, 0) is 11.2 Å². The number of anilines is 1. The molecule has 1 atom stereocenters. The van der Waals surface area contributed by atoms with E-state index < -0.39 is 0 Å². The number of nitrogens with two attached hydrogens (primary N) is 1. The molecule has 1 saturated heterocycles. The number of nitrogens with zero attached hydrogens (tertiary/aromatic N) is 1. The first-order chi connectivity index (χ1) is 11.6. The summed E-state index contributed by atoms with van der Waals surface area (Å²) >= 11 is 0. The molecule has 0 aromatic heterocycles. The molecule has 2 N–H and O–H groups in total. The fourth-order valence-corrected chi connectivity index (χ4v) is 3.41. The van der Waals surface area contributed by atoms with Gasteiger partial charge in [-0.3, -0.25) is 4.79 Å². The minimum Gasteiger partial charge on any atom is -0.399 e. The summed E-state index contributed by atoms with van der Waals surface area (Å²) in [4.78, 5) is 14.7. The molecule has 134 valence electrons. The van der Waals surface area contributed by atoms with E-state index in [-0.39, 0.29) is 30.2 Å². The number of piperidine rings is 1. The number of carbonyl (C=O) groups excluding carboxylic acids is 1. The van der Waals surface area contributed by atoms with Gasteiger partial charge in [0.15, 0.2) is 0 Å². The predicted octanol–water partition coefficient (Wildman–Crippen LogP) is 4.52. The maximum absolute atomic E-state index is 13.2. The second-order valence-corrected chi connectivity index (χ2v) is 6.35. The number of hydrogen-bond donors (Lipinski definition) is 1. The monoisotopic (exact) mass is 362 g/mol. The summed E-state index contributed by atoms with van der Waals surface area (Å²) in [5, 5.41) is 0. The van der Waals surface area contributed by atoms with Crippen molar-refractivity contribution in [2.75, 3.05) is 12.3 Å². The maximum atomic E-state index is 13.2. The van der Waals surface area contributed by atoms with Gasteiger partial charge in [0.25, 0.3) is 0 Å². The Balaban J connectivity index is 0.00000225. The number of halogens is 2. The van der Waals surface area contributed by atoms with Crippen molar-refractivity contribution in [3.05, 3.63) is 65.5 Å². The fourth-order valence-electron chi connectivity index (χ4n) is 3.41. The van der Waals surface area contributed by atoms with Gasteiger partial charge in [0.1, 0.15) is 5.82 Å². The number of rotatable bonds is 4. The van der Waals surface area contributed by atoms with E-state index in [1.165, 1.54) is 12.1 Å². The highest BCUT2D eigenvalue weighted by Gasteiger charge is 2.27. The van der Waals surface area contributed by atoms with E-state index in [4.69, 9.17) is 5.73 Å². The van der Waals surface area contributed by atoms with Crippen molar-refractivity contribution in [3.8, 4) is 0 Å². The van der Waals surface area contributed by atoms with Crippen LogP contribution in [0.1, 0.15) is 42.9 Å². The van der Waals surface area contributed by atoms with Crippen LogP contribution in [0.5, 0.6) is 0 Å². The first kappa shape index (κ1) is 19.3. The van der Waals surface area contributed by atoms with E-state index in [2.05, 4.69) is 0 Å². The van der Waals surface area contributed by atoms with E-state index in [1.54, 1.807) is 12.1 Å². The van der Waals surface area contributed by atoms with Crippen LogP contribution in [0.2, 0.25) is 0 Å². The standard InChI is InChI=1S/C20H23FN2O.ClH/c21-17-11-8-16(9-12-17)19-7-3-4-14-23(19)20(24)13-10-15-5-1-2-6-18(15)22;/h1-2,5-6,8-9,11-12,19H,3-4,7,10,13-14,22H2;1H. The number of para-hydroxylation sites is 1. The number of amides is 1. The molecule has 25 heavy (non-hydrogen) atoms. The van der Waals surface area contributed by atoms with Gasteiger partial charge in [0, 0.05) is 18.7 Å². The molecular weight excluding hydrogens is 339 g/mol. The van der Waals surface area contributed by atoms with Crippen LogP contribution in [0.3, 0.4) is 0 Å². The quantitative estimate of drug-likeness (QED) is 0.813. The number of hydrogen-bond acceptors (Lipinski definition) is 2. The van der Waals surface area contributed by atoms with Crippen molar-refractivity contribution in [2.45, 2.75) is 38.1 Å². The zero-order valence-electron chi connectivity index (χ0n) is 14.2. The summed E-state index contributed by atoms with van der Waals surface area (Å²) in [6, 6.07) is 14.3.